The van der Waals surface area contributed by atoms with Crippen LogP contribution in [0.3, 0.4) is 0 Å². The molecular weight excluding hydrogens is 454 g/mol. The highest BCUT2D eigenvalue weighted by atomic mass is 16.7. The molecule has 6 rings (SSSR count). The first-order valence-corrected chi connectivity index (χ1v) is 11.9. The summed E-state index contributed by atoms with van der Waals surface area (Å²) in [6.07, 6.45) is 4.56. The highest BCUT2D eigenvalue weighted by Gasteiger charge is 2.25. The number of hydrogen-bond donors (Lipinski definition) is 0. The summed E-state index contributed by atoms with van der Waals surface area (Å²) in [7, 11) is 1.85. The molecule has 2 aromatic carbocycles. The van der Waals surface area contributed by atoms with Crippen molar-refractivity contribution in [3.8, 4) is 28.7 Å². The second-order valence-corrected chi connectivity index (χ2v) is 9.23. The molecule has 4 heterocycles. The van der Waals surface area contributed by atoms with Crippen LogP contribution in [0, 0.1) is 11.3 Å². The molecule has 8 heteroatoms. The second-order valence-electron chi connectivity index (χ2n) is 9.23. The fourth-order valence-electron chi connectivity index (χ4n) is 5.05. The van der Waals surface area contributed by atoms with E-state index in [1.165, 1.54) is 5.56 Å². The SMILES string of the molecule is Cn1c2c(c(-c3ccc4c(c3)OCO4)cc1=O)CN(Cc1cncn1Cc1ccc(C#N)cc1)CC2. The Hall–Kier alpha value is -4.35. The lowest BCUT2D eigenvalue weighted by Gasteiger charge is -2.31. The first kappa shape index (κ1) is 22.1. The summed E-state index contributed by atoms with van der Waals surface area (Å²) in [5.41, 5.74) is 7.05. The molecule has 2 aliphatic rings. The quantitative estimate of drug-likeness (QED) is 0.436. The van der Waals surface area contributed by atoms with Gasteiger partial charge in [0.15, 0.2) is 11.5 Å². The van der Waals surface area contributed by atoms with Gasteiger partial charge in [0.05, 0.1) is 23.7 Å². The third kappa shape index (κ3) is 4.04. The van der Waals surface area contributed by atoms with Crippen molar-refractivity contribution in [2.45, 2.75) is 26.1 Å². The summed E-state index contributed by atoms with van der Waals surface area (Å²) in [6.45, 7) is 3.25. The number of imidazole rings is 1. The maximum Gasteiger partial charge on any atom is 0.251 e. The maximum absolute atomic E-state index is 12.8. The number of pyridine rings is 1. The molecule has 4 aromatic rings. The molecule has 0 aliphatic carbocycles. The van der Waals surface area contributed by atoms with Crippen LogP contribution < -0.4 is 15.0 Å². The number of fused-ring (bicyclic) bond motifs is 2. The van der Waals surface area contributed by atoms with Crippen LogP contribution in [-0.4, -0.2) is 32.4 Å². The summed E-state index contributed by atoms with van der Waals surface area (Å²) in [5.74, 6) is 1.44. The van der Waals surface area contributed by atoms with Crippen LogP contribution in [0.1, 0.15) is 28.1 Å². The number of benzene rings is 2. The maximum atomic E-state index is 12.8. The fourth-order valence-corrected chi connectivity index (χ4v) is 5.05. The van der Waals surface area contributed by atoms with E-state index >= 15 is 0 Å². The molecule has 0 N–H and O–H groups in total. The first-order valence-electron chi connectivity index (χ1n) is 11.9. The molecular formula is C28H25N5O3. The van der Waals surface area contributed by atoms with Crippen molar-refractivity contribution in [1.29, 1.82) is 5.26 Å². The van der Waals surface area contributed by atoms with Crippen LogP contribution in [0.5, 0.6) is 11.5 Å². The Bertz CT molecular complexity index is 1550. The average Bonchev–Trinajstić information content (AvgIpc) is 3.55. The van der Waals surface area contributed by atoms with E-state index < -0.39 is 0 Å². The van der Waals surface area contributed by atoms with Crippen molar-refractivity contribution in [2.24, 2.45) is 7.05 Å². The fraction of sp³-hybridized carbons (Fsp3) is 0.250. The van der Waals surface area contributed by atoms with Gasteiger partial charge in [-0.15, -0.1) is 0 Å². The average molecular weight is 480 g/mol. The molecule has 0 unspecified atom stereocenters. The van der Waals surface area contributed by atoms with Crippen LogP contribution in [0.4, 0.5) is 0 Å². The zero-order valence-corrected chi connectivity index (χ0v) is 20.0. The summed E-state index contributed by atoms with van der Waals surface area (Å²) >= 11 is 0. The van der Waals surface area contributed by atoms with E-state index in [0.717, 1.165) is 59.9 Å². The molecule has 0 amide bonds. The van der Waals surface area contributed by atoms with E-state index in [4.69, 9.17) is 14.7 Å². The van der Waals surface area contributed by atoms with Gasteiger partial charge in [-0.25, -0.2) is 4.98 Å². The lowest BCUT2D eigenvalue weighted by Crippen LogP contribution is -2.35. The molecule has 2 aromatic heterocycles. The van der Waals surface area contributed by atoms with Gasteiger partial charge >= 0.3 is 0 Å². The molecule has 0 saturated heterocycles. The van der Waals surface area contributed by atoms with Gasteiger partial charge < -0.3 is 18.6 Å². The summed E-state index contributed by atoms with van der Waals surface area (Å²) in [5, 5.41) is 9.05. The topological polar surface area (TPSA) is 85.3 Å². The minimum atomic E-state index is -0.00430. The molecule has 0 atom stereocenters. The minimum absolute atomic E-state index is 0.00430. The van der Waals surface area contributed by atoms with Gasteiger partial charge in [-0.05, 0) is 46.5 Å². The Morgan fingerprint density at radius 2 is 1.89 bits per heavy atom. The van der Waals surface area contributed by atoms with Gasteiger partial charge in [-0.3, -0.25) is 9.69 Å². The number of nitriles is 1. The van der Waals surface area contributed by atoms with E-state index in [1.54, 1.807) is 10.6 Å². The van der Waals surface area contributed by atoms with Crippen LogP contribution in [0.2, 0.25) is 0 Å². The van der Waals surface area contributed by atoms with Crippen molar-refractivity contribution in [3.05, 3.63) is 99.5 Å². The Morgan fingerprint density at radius 3 is 2.72 bits per heavy atom. The van der Waals surface area contributed by atoms with Crippen molar-refractivity contribution < 1.29 is 9.47 Å². The van der Waals surface area contributed by atoms with E-state index in [9.17, 15) is 4.79 Å². The lowest BCUT2D eigenvalue weighted by atomic mass is 9.94. The zero-order chi connectivity index (χ0) is 24.6. The number of hydrogen-bond acceptors (Lipinski definition) is 6. The van der Waals surface area contributed by atoms with Crippen molar-refractivity contribution in [2.75, 3.05) is 13.3 Å². The Kier molecular flexibility index (Phi) is 5.55. The van der Waals surface area contributed by atoms with Gasteiger partial charge in [0.2, 0.25) is 6.79 Å². The number of nitrogens with zero attached hydrogens (tertiary/aromatic N) is 5. The van der Waals surface area contributed by atoms with Gasteiger partial charge in [0.1, 0.15) is 0 Å². The number of rotatable bonds is 5. The standard InChI is InChI=1S/C28H25N5O3/c1-31-25-8-9-32(15-22-13-30-17-33(22)14-20-4-2-19(12-29)3-5-20)16-24(25)23(11-28(31)34)21-6-7-26-27(10-21)36-18-35-26/h2-7,10-11,13,17H,8-9,14-16,18H2,1H3. The van der Waals surface area contributed by atoms with Crippen LogP contribution in [0.15, 0.2) is 65.8 Å². The molecule has 0 fully saturated rings. The Labute approximate surface area is 208 Å². The number of aromatic nitrogens is 3. The van der Waals surface area contributed by atoms with E-state index in [2.05, 4.69) is 20.5 Å². The normalized spacial score (nSPS) is 14.4. The van der Waals surface area contributed by atoms with Crippen LogP contribution in [-0.2, 0) is 33.1 Å². The molecule has 0 saturated carbocycles. The summed E-state index contributed by atoms with van der Waals surface area (Å²) in [4.78, 5) is 19.6. The molecule has 0 radical (unpaired) electrons. The predicted molar refractivity (Wildman–Crippen MR) is 134 cm³/mol. The summed E-state index contributed by atoms with van der Waals surface area (Å²) in [6, 6.07) is 17.4. The van der Waals surface area contributed by atoms with Crippen molar-refractivity contribution in [1.82, 2.24) is 19.0 Å². The highest BCUT2D eigenvalue weighted by molar-refractivity contribution is 5.71. The third-order valence-corrected chi connectivity index (χ3v) is 7.03. The molecule has 0 spiro atoms. The van der Waals surface area contributed by atoms with Gasteiger partial charge in [-0.1, -0.05) is 18.2 Å². The Balaban J connectivity index is 1.27. The van der Waals surface area contributed by atoms with E-state index in [1.807, 2.05) is 62.0 Å². The van der Waals surface area contributed by atoms with Crippen LogP contribution in [0.25, 0.3) is 11.1 Å². The van der Waals surface area contributed by atoms with Crippen LogP contribution >= 0.6 is 0 Å². The molecule has 0 bridgehead atoms. The molecule has 2 aliphatic heterocycles. The van der Waals surface area contributed by atoms with E-state index in [0.29, 0.717) is 17.9 Å². The second kappa shape index (κ2) is 9.02. The van der Waals surface area contributed by atoms with Crippen molar-refractivity contribution >= 4 is 0 Å². The molecule has 8 nitrogen and oxygen atoms in total. The highest BCUT2D eigenvalue weighted by Crippen LogP contribution is 2.38. The number of ether oxygens (including phenoxy) is 2. The smallest absolute Gasteiger partial charge is 0.251 e. The molecule has 180 valence electrons. The van der Waals surface area contributed by atoms with Crippen molar-refractivity contribution in [3.63, 3.8) is 0 Å². The zero-order valence-electron chi connectivity index (χ0n) is 20.0. The van der Waals surface area contributed by atoms with Gasteiger partial charge in [0, 0.05) is 57.6 Å². The largest absolute Gasteiger partial charge is 0.454 e. The third-order valence-electron chi connectivity index (χ3n) is 7.03. The summed E-state index contributed by atoms with van der Waals surface area (Å²) < 4.78 is 15.0. The monoisotopic (exact) mass is 479 g/mol. The predicted octanol–water partition coefficient (Wildman–Crippen LogP) is 3.46. The molecule has 36 heavy (non-hydrogen) atoms. The minimum Gasteiger partial charge on any atom is -0.454 e. The first-order chi connectivity index (χ1) is 17.6. The lowest BCUT2D eigenvalue weighted by molar-refractivity contribution is 0.174. The van der Waals surface area contributed by atoms with Gasteiger partial charge in [0.25, 0.3) is 5.56 Å². The van der Waals surface area contributed by atoms with E-state index in [-0.39, 0.29) is 12.4 Å². The Morgan fingerprint density at radius 1 is 1.06 bits per heavy atom. The van der Waals surface area contributed by atoms with Gasteiger partial charge in [-0.2, -0.15) is 5.26 Å².